The lowest BCUT2D eigenvalue weighted by Crippen LogP contribution is -2.61. The highest BCUT2D eigenvalue weighted by Crippen LogP contribution is 2.43. The molecule has 0 bridgehead atoms. The molecule has 2 heterocycles. The van der Waals surface area contributed by atoms with Crippen LogP contribution in [-0.2, 0) is 10.4 Å². The van der Waals surface area contributed by atoms with Crippen molar-refractivity contribution < 1.29 is 23.1 Å². The van der Waals surface area contributed by atoms with Crippen LogP contribution in [0.25, 0.3) is 0 Å². The molecule has 3 fully saturated rings. The Bertz CT molecular complexity index is 750. The summed E-state index contributed by atoms with van der Waals surface area (Å²) in [6, 6.07) is 9.69. The Labute approximate surface area is 175 Å². The maximum absolute atomic E-state index is 12.7. The molecule has 5 nitrogen and oxygen atoms in total. The van der Waals surface area contributed by atoms with Crippen LogP contribution in [0.2, 0.25) is 0 Å². The van der Waals surface area contributed by atoms with Crippen molar-refractivity contribution in [2.24, 2.45) is 0 Å². The predicted octanol–water partition coefficient (Wildman–Crippen LogP) is 2.99. The van der Waals surface area contributed by atoms with Gasteiger partial charge in [-0.05, 0) is 31.2 Å². The summed E-state index contributed by atoms with van der Waals surface area (Å²) in [6.45, 7) is 1.19. The predicted molar refractivity (Wildman–Crippen MR) is 107 cm³/mol. The third-order valence-electron chi connectivity index (χ3n) is 7.30. The largest absolute Gasteiger partial charge is 0.390 e. The van der Waals surface area contributed by atoms with E-state index < -0.39 is 23.7 Å². The van der Waals surface area contributed by atoms with Crippen molar-refractivity contribution >= 4 is 5.91 Å². The fourth-order valence-electron chi connectivity index (χ4n) is 5.62. The Balaban J connectivity index is 1.48. The molecule has 1 spiro atoms. The van der Waals surface area contributed by atoms with Crippen molar-refractivity contribution in [2.45, 2.75) is 68.3 Å². The Kier molecular flexibility index (Phi) is 5.85. The molecular formula is C22H30F3N3O2. The van der Waals surface area contributed by atoms with E-state index in [1.807, 2.05) is 30.3 Å². The highest BCUT2D eigenvalue weighted by Gasteiger charge is 2.53. The van der Waals surface area contributed by atoms with E-state index in [4.69, 9.17) is 0 Å². The second-order valence-electron chi connectivity index (χ2n) is 8.91. The van der Waals surface area contributed by atoms with Gasteiger partial charge >= 0.3 is 6.18 Å². The van der Waals surface area contributed by atoms with Gasteiger partial charge in [0, 0.05) is 25.7 Å². The highest BCUT2D eigenvalue weighted by atomic mass is 19.4. The van der Waals surface area contributed by atoms with Gasteiger partial charge in [-0.1, -0.05) is 43.2 Å². The molecule has 0 aromatic heterocycles. The monoisotopic (exact) mass is 425 g/mol. The maximum Gasteiger partial charge on any atom is 0.390 e. The lowest BCUT2D eigenvalue weighted by molar-refractivity contribution is -0.146. The number of hydrogen-bond donors (Lipinski definition) is 2. The number of hydrogen-bond acceptors (Lipinski definition) is 4. The van der Waals surface area contributed by atoms with Gasteiger partial charge in [-0.2, -0.15) is 13.2 Å². The molecule has 1 saturated carbocycles. The first-order chi connectivity index (χ1) is 14.2. The Hall–Kier alpha value is -1.64. The maximum atomic E-state index is 12.7. The zero-order valence-corrected chi connectivity index (χ0v) is 17.1. The SMILES string of the molecule is O=C1NCN(CCC(F)(F)F)C12CCN([C@@H]1CCCC[C@]1(O)c1ccccc1)CC2. The van der Waals surface area contributed by atoms with Gasteiger partial charge in [0.25, 0.3) is 0 Å². The summed E-state index contributed by atoms with van der Waals surface area (Å²) in [5.74, 6) is -0.161. The summed E-state index contributed by atoms with van der Waals surface area (Å²) in [5.41, 5.74) is -0.875. The molecule has 3 aliphatic rings. The van der Waals surface area contributed by atoms with Crippen molar-refractivity contribution in [3.8, 4) is 0 Å². The smallest absolute Gasteiger partial charge is 0.384 e. The zero-order chi connectivity index (χ0) is 21.4. The van der Waals surface area contributed by atoms with E-state index in [0.717, 1.165) is 24.8 Å². The van der Waals surface area contributed by atoms with Crippen LogP contribution in [0.1, 0.15) is 50.5 Å². The minimum atomic E-state index is -4.23. The van der Waals surface area contributed by atoms with Gasteiger partial charge in [0.2, 0.25) is 5.91 Å². The molecule has 1 aromatic carbocycles. The third-order valence-corrected chi connectivity index (χ3v) is 7.30. The van der Waals surface area contributed by atoms with Crippen LogP contribution in [0.15, 0.2) is 30.3 Å². The van der Waals surface area contributed by atoms with E-state index in [0.29, 0.717) is 32.4 Å². The molecule has 1 aliphatic carbocycles. The first-order valence-electron chi connectivity index (χ1n) is 10.9. The summed E-state index contributed by atoms with van der Waals surface area (Å²) in [4.78, 5) is 16.5. The van der Waals surface area contributed by atoms with Gasteiger partial charge in [0.05, 0.1) is 13.1 Å². The Morgan fingerprint density at radius 1 is 1.10 bits per heavy atom. The summed E-state index contributed by atoms with van der Waals surface area (Å²) in [5, 5.41) is 14.4. The number of alkyl halides is 3. The number of amides is 1. The minimum absolute atomic E-state index is 0.0425. The molecule has 2 atom stereocenters. The molecule has 4 rings (SSSR count). The van der Waals surface area contributed by atoms with E-state index in [1.54, 1.807) is 4.90 Å². The lowest BCUT2D eigenvalue weighted by Gasteiger charge is -2.50. The van der Waals surface area contributed by atoms with Gasteiger partial charge in [0.15, 0.2) is 0 Å². The van der Waals surface area contributed by atoms with E-state index >= 15 is 0 Å². The van der Waals surface area contributed by atoms with Gasteiger partial charge in [-0.25, -0.2) is 0 Å². The van der Waals surface area contributed by atoms with Gasteiger partial charge in [-0.15, -0.1) is 0 Å². The summed E-state index contributed by atoms with van der Waals surface area (Å²) >= 11 is 0. The van der Waals surface area contributed by atoms with Crippen molar-refractivity contribution in [3.05, 3.63) is 35.9 Å². The molecule has 30 heavy (non-hydrogen) atoms. The van der Waals surface area contributed by atoms with E-state index in [9.17, 15) is 23.1 Å². The van der Waals surface area contributed by atoms with Crippen LogP contribution in [-0.4, -0.2) is 64.9 Å². The molecule has 0 radical (unpaired) electrons. The molecule has 1 aromatic rings. The van der Waals surface area contributed by atoms with Crippen molar-refractivity contribution in [1.29, 1.82) is 0 Å². The van der Waals surface area contributed by atoms with Crippen molar-refractivity contribution in [1.82, 2.24) is 15.1 Å². The number of nitrogens with one attached hydrogen (secondary N) is 1. The minimum Gasteiger partial charge on any atom is -0.384 e. The zero-order valence-electron chi connectivity index (χ0n) is 17.1. The molecular weight excluding hydrogens is 395 g/mol. The Morgan fingerprint density at radius 3 is 2.47 bits per heavy atom. The number of piperidine rings is 1. The fourth-order valence-corrected chi connectivity index (χ4v) is 5.62. The summed E-state index contributed by atoms with van der Waals surface area (Å²) < 4.78 is 38.2. The van der Waals surface area contributed by atoms with Crippen LogP contribution in [0.4, 0.5) is 13.2 Å². The van der Waals surface area contributed by atoms with E-state index in [2.05, 4.69) is 10.2 Å². The quantitative estimate of drug-likeness (QED) is 0.779. The second kappa shape index (κ2) is 8.13. The highest BCUT2D eigenvalue weighted by molar-refractivity contribution is 5.88. The van der Waals surface area contributed by atoms with Crippen LogP contribution < -0.4 is 5.32 Å². The van der Waals surface area contributed by atoms with Gasteiger partial charge < -0.3 is 10.4 Å². The number of likely N-dealkylation sites (tertiary alicyclic amines) is 1. The van der Waals surface area contributed by atoms with E-state index in [1.165, 1.54) is 0 Å². The summed E-state index contributed by atoms with van der Waals surface area (Å²) in [6.07, 6.45) is -0.599. The topological polar surface area (TPSA) is 55.8 Å². The van der Waals surface area contributed by atoms with Crippen LogP contribution in [0.5, 0.6) is 0 Å². The molecule has 2 saturated heterocycles. The first kappa shape index (κ1) is 21.6. The van der Waals surface area contributed by atoms with Gasteiger partial charge in [-0.3, -0.25) is 14.6 Å². The van der Waals surface area contributed by atoms with Crippen molar-refractivity contribution in [3.63, 3.8) is 0 Å². The van der Waals surface area contributed by atoms with Crippen LogP contribution >= 0.6 is 0 Å². The summed E-state index contributed by atoms with van der Waals surface area (Å²) in [7, 11) is 0. The average molecular weight is 425 g/mol. The molecule has 166 valence electrons. The standard InChI is InChI=1S/C22H30F3N3O2/c23-22(24,25)12-15-28-16-26-19(29)20(28)10-13-27(14-11-20)18-8-4-5-9-21(18,30)17-6-2-1-3-7-17/h1-3,6-7,18,30H,4-5,8-16H2,(H,26,29)/t18-,21+/m1/s1. The molecule has 1 amide bonds. The first-order valence-corrected chi connectivity index (χ1v) is 10.9. The third kappa shape index (κ3) is 3.97. The number of carbonyl (C=O) groups excluding carboxylic acids is 1. The molecule has 2 aliphatic heterocycles. The number of halogens is 3. The molecule has 0 unspecified atom stereocenters. The van der Waals surface area contributed by atoms with Crippen LogP contribution in [0, 0.1) is 0 Å². The molecule has 2 N–H and O–H groups in total. The normalized spacial score (nSPS) is 30.5. The number of benzene rings is 1. The average Bonchev–Trinajstić information content (AvgIpc) is 3.03. The number of carbonyl (C=O) groups is 1. The number of rotatable bonds is 4. The number of aliphatic hydroxyl groups is 1. The van der Waals surface area contributed by atoms with Gasteiger partial charge in [0.1, 0.15) is 11.1 Å². The number of nitrogens with zero attached hydrogens (tertiary/aromatic N) is 2. The second-order valence-corrected chi connectivity index (χ2v) is 8.91. The fraction of sp³-hybridized carbons (Fsp3) is 0.682. The van der Waals surface area contributed by atoms with Crippen LogP contribution in [0.3, 0.4) is 0 Å². The van der Waals surface area contributed by atoms with Crippen molar-refractivity contribution in [2.75, 3.05) is 26.3 Å². The van der Waals surface area contributed by atoms with E-state index in [-0.39, 0.29) is 25.2 Å². The molecule has 8 heteroatoms. The Morgan fingerprint density at radius 2 is 1.80 bits per heavy atom. The lowest BCUT2D eigenvalue weighted by atomic mass is 9.73.